The summed E-state index contributed by atoms with van der Waals surface area (Å²) >= 11 is 1.68. The Morgan fingerprint density at radius 3 is 2.84 bits per heavy atom. The number of aromatic nitrogens is 1. The van der Waals surface area contributed by atoms with Crippen LogP contribution < -0.4 is 5.32 Å². The fourth-order valence-corrected chi connectivity index (χ4v) is 4.27. The molecule has 1 aliphatic rings. The molecule has 25 heavy (non-hydrogen) atoms. The molecule has 1 aliphatic carbocycles. The number of benzene rings is 1. The zero-order valence-corrected chi connectivity index (χ0v) is 15.6. The van der Waals surface area contributed by atoms with Crippen molar-refractivity contribution < 1.29 is 4.92 Å². The first-order valence-electron chi connectivity index (χ1n) is 8.86. The van der Waals surface area contributed by atoms with Gasteiger partial charge in [-0.2, -0.15) is 0 Å². The first-order chi connectivity index (χ1) is 12.1. The second kappa shape index (κ2) is 7.93. The van der Waals surface area contributed by atoms with Crippen LogP contribution in [-0.4, -0.2) is 41.0 Å². The number of likely N-dealkylation sites (N-methyl/N-ethyl adjacent to an activating group) is 1. The highest BCUT2D eigenvalue weighted by Crippen LogP contribution is 2.38. The fourth-order valence-electron chi connectivity index (χ4n) is 3.22. The molecule has 134 valence electrons. The van der Waals surface area contributed by atoms with Crippen LogP contribution in [0.5, 0.6) is 0 Å². The van der Waals surface area contributed by atoms with Crippen molar-refractivity contribution in [3.63, 3.8) is 0 Å². The van der Waals surface area contributed by atoms with Gasteiger partial charge >= 0.3 is 0 Å². The van der Waals surface area contributed by atoms with Crippen molar-refractivity contribution in [1.82, 2.24) is 9.88 Å². The highest BCUT2D eigenvalue weighted by molar-refractivity contribution is 7.16. The van der Waals surface area contributed by atoms with Crippen molar-refractivity contribution in [3.8, 4) is 11.3 Å². The van der Waals surface area contributed by atoms with Gasteiger partial charge in [0.05, 0.1) is 10.6 Å². The molecule has 1 aromatic carbocycles. The predicted octanol–water partition coefficient (Wildman–Crippen LogP) is 3.96. The van der Waals surface area contributed by atoms with Gasteiger partial charge in [-0.1, -0.05) is 19.9 Å². The smallest absolute Gasteiger partial charge is 0.270 e. The maximum Gasteiger partial charge on any atom is 0.270 e. The van der Waals surface area contributed by atoms with Crippen LogP contribution in [0.2, 0.25) is 0 Å². The van der Waals surface area contributed by atoms with Gasteiger partial charge in [-0.25, -0.2) is 4.98 Å². The summed E-state index contributed by atoms with van der Waals surface area (Å²) in [6.45, 7) is 8.26. The molecule has 1 aromatic heterocycles. The zero-order valence-electron chi connectivity index (χ0n) is 14.7. The summed E-state index contributed by atoms with van der Waals surface area (Å²) in [4.78, 5) is 19.1. The average Bonchev–Trinajstić information content (AvgIpc) is 2.94. The van der Waals surface area contributed by atoms with Gasteiger partial charge in [-0.05, 0) is 37.9 Å². The van der Waals surface area contributed by atoms with Crippen LogP contribution in [0.3, 0.4) is 0 Å². The topological polar surface area (TPSA) is 71.3 Å². The van der Waals surface area contributed by atoms with Crippen LogP contribution in [0, 0.1) is 10.1 Å². The largest absolute Gasteiger partial charge is 0.360 e. The van der Waals surface area contributed by atoms with Crippen LogP contribution in [0.4, 0.5) is 10.8 Å². The van der Waals surface area contributed by atoms with E-state index in [1.165, 1.54) is 4.88 Å². The highest BCUT2D eigenvalue weighted by atomic mass is 32.1. The number of nitrogens with one attached hydrogen (secondary N) is 1. The van der Waals surface area contributed by atoms with E-state index in [0.29, 0.717) is 0 Å². The Morgan fingerprint density at radius 2 is 2.12 bits per heavy atom. The van der Waals surface area contributed by atoms with Crippen molar-refractivity contribution >= 4 is 22.2 Å². The molecule has 0 atom stereocenters. The number of nitro groups is 1. The molecular weight excluding hydrogens is 336 g/mol. The minimum absolute atomic E-state index is 0.135. The van der Waals surface area contributed by atoms with E-state index in [-0.39, 0.29) is 10.6 Å². The molecule has 0 fully saturated rings. The summed E-state index contributed by atoms with van der Waals surface area (Å²) in [5.41, 5.74) is 3.14. The Hall–Kier alpha value is -1.99. The first kappa shape index (κ1) is 17.8. The molecule has 0 radical (unpaired) electrons. The summed E-state index contributed by atoms with van der Waals surface area (Å²) in [5.74, 6) is 0. The Labute approximate surface area is 152 Å². The third-order valence-corrected chi connectivity index (χ3v) is 5.78. The number of fused-ring (bicyclic) bond motifs is 3. The van der Waals surface area contributed by atoms with Gasteiger partial charge in [0.15, 0.2) is 5.13 Å². The quantitative estimate of drug-likeness (QED) is 0.598. The third kappa shape index (κ3) is 3.99. The van der Waals surface area contributed by atoms with Crippen molar-refractivity contribution in [3.05, 3.63) is 38.8 Å². The van der Waals surface area contributed by atoms with Crippen molar-refractivity contribution in [1.29, 1.82) is 0 Å². The molecule has 0 aliphatic heterocycles. The van der Waals surface area contributed by atoms with E-state index in [4.69, 9.17) is 4.98 Å². The van der Waals surface area contributed by atoms with E-state index in [1.807, 2.05) is 6.07 Å². The number of hydrogen-bond acceptors (Lipinski definition) is 6. The molecular formula is C18H24N4O2S. The van der Waals surface area contributed by atoms with E-state index >= 15 is 0 Å². The second-order valence-electron chi connectivity index (χ2n) is 6.20. The molecule has 6 nitrogen and oxygen atoms in total. The third-order valence-electron chi connectivity index (χ3n) is 4.71. The SMILES string of the molecule is CCN(CC)CCNc1nc2c(s1)CCCc1ccc([N+](=O)[O-])cc1-2. The number of nitrogens with zero attached hydrogens (tertiary/aromatic N) is 3. The normalized spacial score (nSPS) is 13.2. The minimum atomic E-state index is -0.333. The molecule has 3 rings (SSSR count). The van der Waals surface area contributed by atoms with E-state index in [2.05, 4.69) is 24.1 Å². The number of non-ortho nitro benzene ring substituents is 1. The van der Waals surface area contributed by atoms with Gasteiger partial charge < -0.3 is 10.2 Å². The fraction of sp³-hybridized carbons (Fsp3) is 0.500. The summed E-state index contributed by atoms with van der Waals surface area (Å²) in [6, 6.07) is 5.16. The average molecular weight is 360 g/mol. The zero-order chi connectivity index (χ0) is 17.8. The molecule has 1 heterocycles. The Bertz CT molecular complexity index is 756. The molecule has 0 spiro atoms. The first-order valence-corrected chi connectivity index (χ1v) is 9.67. The van der Waals surface area contributed by atoms with E-state index < -0.39 is 0 Å². The Kier molecular flexibility index (Phi) is 5.65. The maximum atomic E-state index is 11.1. The summed E-state index contributed by atoms with van der Waals surface area (Å²) in [7, 11) is 0. The van der Waals surface area contributed by atoms with Crippen LogP contribution in [0.15, 0.2) is 18.2 Å². The van der Waals surface area contributed by atoms with Crippen molar-refractivity contribution in [2.45, 2.75) is 33.1 Å². The van der Waals surface area contributed by atoms with Crippen LogP contribution in [-0.2, 0) is 12.8 Å². The number of thiazole rings is 1. The lowest BCUT2D eigenvalue weighted by atomic mass is 10.0. The molecule has 0 amide bonds. The molecule has 2 aromatic rings. The van der Waals surface area contributed by atoms with Crippen LogP contribution in [0.1, 0.15) is 30.7 Å². The predicted molar refractivity (Wildman–Crippen MR) is 103 cm³/mol. The van der Waals surface area contributed by atoms with Crippen LogP contribution in [0.25, 0.3) is 11.3 Å². The molecule has 0 unspecified atom stereocenters. The number of rotatable bonds is 7. The lowest BCUT2D eigenvalue weighted by Gasteiger charge is -2.17. The van der Waals surface area contributed by atoms with Crippen molar-refractivity contribution in [2.24, 2.45) is 0 Å². The molecule has 1 N–H and O–H groups in total. The lowest BCUT2D eigenvalue weighted by molar-refractivity contribution is -0.384. The van der Waals surface area contributed by atoms with Gasteiger partial charge in [0.25, 0.3) is 5.69 Å². The van der Waals surface area contributed by atoms with Gasteiger partial charge in [0.2, 0.25) is 0 Å². The molecule has 0 bridgehead atoms. The monoisotopic (exact) mass is 360 g/mol. The number of aryl methyl sites for hydroxylation is 2. The van der Waals surface area contributed by atoms with Crippen LogP contribution >= 0.6 is 11.3 Å². The summed E-state index contributed by atoms with van der Waals surface area (Å²) < 4.78 is 0. The number of nitro benzene ring substituents is 1. The molecule has 0 saturated carbocycles. The summed E-state index contributed by atoms with van der Waals surface area (Å²) in [5, 5.41) is 15.5. The lowest BCUT2D eigenvalue weighted by Crippen LogP contribution is -2.28. The minimum Gasteiger partial charge on any atom is -0.360 e. The van der Waals surface area contributed by atoms with E-state index in [0.717, 1.165) is 67.4 Å². The van der Waals surface area contributed by atoms with E-state index in [9.17, 15) is 10.1 Å². The number of anilines is 1. The van der Waals surface area contributed by atoms with Gasteiger partial charge in [-0.15, -0.1) is 11.3 Å². The highest BCUT2D eigenvalue weighted by Gasteiger charge is 2.21. The van der Waals surface area contributed by atoms with Gasteiger partial charge in [-0.3, -0.25) is 10.1 Å². The van der Waals surface area contributed by atoms with Crippen molar-refractivity contribution in [2.75, 3.05) is 31.5 Å². The Morgan fingerprint density at radius 1 is 1.32 bits per heavy atom. The standard InChI is InChI=1S/C18H24N4O2S/c1-3-21(4-2)11-10-19-18-20-17-15-12-14(22(23)24)9-8-13(15)6-5-7-16(17)25-18/h8-9,12H,3-7,10-11H2,1-2H3,(H,19,20). The number of hydrogen-bond donors (Lipinski definition) is 1. The van der Waals surface area contributed by atoms with E-state index in [1.54, 1.807) is 23.5 Å². The molecule has 7 heteroatoms. The summed E-state index contributed by atoms with van der Waals surface area (Å²) in [6.07, 6.45) is 2.98. The Balaban J connectivity index is 1.82. The van der Waals surface area contributed by atoms with Gasteiger partial charge in [0.1, 0.15) is 0 Å². The molecule has 0 saturated heterocycles. The maximum absolute atomic E-state index is 11.1. The second-order valence-corrected chi connectivity index (χ2v) is 7.28. The van der Waals surface area contributed by atoms with Gasteiger partial charge in [0, 0.05) is 35.7 Å².